The molecule has 0 radical (unpaired) electrons. The Bertz CT molecular complexity index is 2160. The maximum Gasteiger partial charge on any atom is 0.367 e. The molecular formula is C38H48N14O4. The lowest BCUT2D eigenvalue weighted by molar-refractivity contribution is 0.414. The number of rotatable bonds is 21. The quantitative estimate of drug-likeness (QED) is 0.0770. The minimum absolute atomic E-state index is 0.221. The van der Waals surface area contributed by atoms with E-state index < -0.39 is 0 Å². The zero-order valence-electron chi connectivity index (χ0n) is 32.3. The molecule has 0 saturated carbocycles. The van der Waals surface area contributed by atoms with Crippen LogP contribution in [0.25, 0.3) is 0 Å². The minimum Gasteiger partial charge on any atom is -0.497 e. The summed E-state index contributed by atoms with van der Waals surface area (Å²) in [6.07, 6.45) is 15.9. The average molecular weight is 765 g/mol. The van der Waals surface area contributed by atoms with Crippen molar-refractivity contribution in [2.45, 2.75) is 91.4 Å². The summed E-state index contributed by atoms with van der Waals surface area (Å²) in [4.78, 5) is 25.9. The number of benzene rings is 2. The van der Waals surface area contributed by atoms with E-state index in [0.29, 0.717) is 23.0 Å². The topological polar surface area (TPSA) is 184 Å². The third-order valence-electron chi connectivity index (χ3n) is 9.14. The number of aromatic nitrogens is 12. The van der Waals surface area contributed by atoms with Crippen LogP contribution >= 0.6 is 0 Å². The van der Waals surface area contributed by atoms with Crippen LogP contribution in [-0.2, 0) is 26.2 Å². The summed E-state index contributed by atoms with van der Waals surface area (Å²) in [5.41, 5.74) is 2.34. The molecule has 18 nitrogen and oxygen atoms in total. The molecule has 0 fully saturated rings. The third-order valence-corrected chi connectivity index (χ3v) is 9.14. The number of unbranched alkanes of at least 4 members (excludes halogenated alkanes) is 7. The summed E-state index contributed by atoms with van der Waals surface area (Å²) >= 11 is 0. The lowest BCUT2D eigenvalue weighted by atomic mass is 10.1. The third kappa shape index (κ3) is 10.6. The second-order valence-corrected chi connectivity index (χ2v) is 13.4. The first-order valence-corrected chi connectivity index (χ1v) is 18.8. The molecule has 0 saturated heterocycles. The molecule has 0 unspecified atom stereocenters. The van der Waals surface area contributed by atoms with Crippen LogP contribution in [0.15, 0.2) is 80.7 Å². The predicted molar refractivity (Wildman–Crippen MR) is 210 cm³/mol. The van der Waals surface area contributed by atoms with Crippen LogP contribution in [0.1, 0.15) is 85.5 Å². The Morgan fingerprint density at radius 1 is 0.571 bits per heavy atom. The van der Waals surface area contributed by atoms with Crippen LogP contribution in [0.3, 0.4) is 0 Å². The van der Waals surface area contributed by atoms with E-state index >= 15 is 0 Å². The second-order valence-electron chi connectivity index (χ2n) is 13.4. The first kappa shape index (κ1) is 39.2. The summed E-state index contributed by atoms with van der Waals surface area (Å²) in [5.74, 6) is 2.47. The van der Waals surface area contributed by atoms with Gasteiger partial charge in [0.25, 0.3) is 0 Å². The van der Waals surface area contributed by atoms with Gasteiger partial charge in [-0.15, -0.1) is 10.2 Å². The molecule has 0 N–H and O–H groups in total. The fourth-order valence-electron chi connectivity index (χ4n) is 6.07. The first-order valence-electron chi connectivity index (χ1n) is 18.8. The van der Waals surface area contributed by atoms with Crippen molar-refractivity contribution < 1.29 is 9.47 Å². The molecule has 0 aliphatic rings. The van der Waals surface area contributed by atoms with Crippen molar-refractivity contribution in [3.63, 3.8) is 0 Å². The van der Waals surface area contributed by atoms with Crippen molar-refractivity contribution >= 4 is 12.4 Å². The van der Waals surface area contributed by atoms with Gasteiger partial charge < -0.3 is 9.47 Å². The Morgan fingerprint density at radius 3 is 1.32 bits per heavy atom. The van der Waals surface area contributed by atoms with Crippen LogP contribution in [0, 0.1) is 13.8 Å². The van der Waals surface area contributed by atoms with Crippen LogP contribution in [0.4, 0.5) is 0 Å². The smallest absolute Gasteiger partial charge is 0.367 e. The molecule has 0 aliphatic heterocycles. The van der Waals surface area contributed by atoms with E-state index in [1.165, 1.54) is 44.4 Å². The van der Waals surface area contributed by atoms with Crippen molar-refractivity contribution in [3.05, 3.63) is 116 Å². The molecule has 4 heterocycles. The van der Waals surface area contributed by atoms with Gasteiger partial charge in [0.05, 0.1) is 52.1 Å². The van der Waals surface area contributed by atoms with E-state index in [0.717, 1.165) is 61.4 Å². The van der Waals surface area contributed by atoms with Crippen molar-refractivity contribution in [2.24, 2.45) is 10.2 Å². The fourth-order valence-corrected chi connectivity index (χ4v) is 6.07. The maximum atomic E-state index is 12.9. The van der Waals surface area contributed by atoms with E-state index in [-0.39, 0.29) is 24.5 Å². The van der Waals surface area contributed by atoms with E-state index in [2.05, 4.69) is 41.0 Å². The van der Waals surface area contributed by atoms with Gasteiger partial charge >= 0.3 is 11.4 Å². The van der Waals surface area contributed by atoms with Crippen LogP contribution in [-0.4, -0.2) is 85.5 Å². The van der Waals surface area contributed by atoms with Gasteiger partial charge in [-0.25, -0.2) is 19.0 Å². The Morgan fingerprint density at radius 2 is 0.946 bits per heavy atom. The summed E-state index contributed by atoms with van der Waals surface area (Å²) in [5, 5.41) is 34.3. The zero-order chi connectivity index (χ0) is 39.3. The number of methoxy groups -OCH3 is 2. The van der Waals surface area contributed by atoms with Gasteiger partial charge in [0.15, 0.2) is 11.6 Å². The number of nitrogens with zero attached hydrogens (tertiary/aromatic N) is 14. The first-order chi connectivity index (χ1) is 27.3. The van der Waals surface area contributed by atoms with E-state index in [4.69, 9.17) is 9.47 Å². The second kappa shape index (κ2) is 19.2. The molecule has 294 valence electrons. The number of hydrogen-bond acceptors (Lipinski definition) is 12. The maximum absolute atomic E-state index is 12.9. The van der Waals surface area contributed by atoms with E-state index in [9.17, 15) is 9.59 Å². The summed E-state index contributed by atoms with van der Waals surface area (Å²) in [6.45, 7) is 5.47. The molecule has 6 rings (SSSR count). The molecule has 56 heavy (non-hydrogen) atoms. The van der Waals surface area contributed by atoms with Crippen molar-refractivity contribution in [1.29, 1.82) is 0 Å². The molecule has 18 heteroatoms. The van der Waals surface area contributed by atoms with Crippen LogP contribution in [0.2, 0.25) is 0 Å². The molecule has 2 aromatic carbocycles. The van der Waals surface area contributed by atoms with E-state index in [1.807, 2.05) is 70.3 Å². The molecule has 4 aromatic heterocycles. The number of ether oxygens (including phenoxy) is 2. The van der Waals surface area contributed by atoms with Gasteiger partial charge in [-0.2, -0.15) is 29.8 Å². The largest absolute Gasteiger partial charge is 0.497 e. The molecular weight excluding hydrogens is 717 g/mol. The van der Waals surface area contributed by atoms with Gasteiger partial charge in [0.1, 0.15) is 22.9 Å². The van der Waals surface area contributed by atoms with Crippen molar-refractivity contribution in [2.75, 3.05) is 14.2 Å². The molecule has 0 atom stereocenters. The van der Waals surface area contributed by atoms with E-state index in [1.54, 1.807) is 40.5 Å². The minimum atomic E-state index is -0.340. The number of hydrogen-bond donors (Lipinski definition) is 0. The van der Waals surface area contributed by atoms with Crippen LogP contribution in [0.5, 0.6) is 11.5 Å². The Balaban J connectivity index is 0.834. The van der Waals surface area contributed by atoms with Crippen molar-refractivity contribution in [1.82, 2.24) is 58.9 Å². The molecule has 0 bridgehead atoms. The molecule has 0 aliphatic carbocycles. The summed E-state index contributed by atoms with van der Waals surface area (Å²) in [6, 6.07) is 14.8. The zero-order valence-corrected chi connectivity index (χ0v) is 32.3. The highest BCUT2D eigenvalue weighted by atomic mass is 16.5. The lowest BCUT2D eigenvalue weighted by Gasteiger charge is -2.03. The summed E-state index contributed by atoms with van der Waals surface area (Å²) < 4.78 is 19.3. The SMILES string of the molecule is COc1ccc(/C=N/n2c(C)nn(Cc3cn(CCCCCCCCCCn4cc(Cn5nc(C)n(/N=C/c6ccc(OC)cc6)c5=O)nn4)nn3)c2=O)cc1. The average Bonchev–Trinajstić information content (AvgIpc) is 3.98. The molecule has 0 spiro atoms. The Labute approximate surface area is 323 Å². The number of aryl methyl sites for hydroxylation is 4. The van der Waals surface area contributed by atoms with Gasteiger partial charge in [-0.3, -0.25) is 9.36 Å². The lowest BCUT2D eigenvalue weighted by Crippen LogP contribution is -2.23. The highest BCUT2D eigenvalue weighted by Crippen LogP contribution is 2.12. The fraction of sp³-hybridized carbons (Fsp3) is 0.421. The summed E-state index contributed by atoms with van der Waals surface area (Å²) in [7, 11) is 3.23. The standard InChI is InChI=1S/C38H48N14O4/c1-29-43-49(37(53)51(29)39-23-31-13-17-35(55-3)18-14-31)27-33-25-47(45-41-33)21-11-9-7-5-6-8-10-12-22-48-26-34(42-46-48)28-50-38(54)52(30(2)44-50)40-24-32-15-19-36(56-4)20-16-32/h13-20,23-26H,5-12,21-22,27-28H2,1-4H3/b39-23+,40-24+. The highest BCUT2D eigenvalue weighted by Gasteiger charge is 2.13. The molecule has 0 amide bonds. The monoisotopic (exact) mass is 764 g/mol. The van der Waals surface area contributed by atoms with Gasteiger partial charge in [-0.1, -0.05) is 49.0 Å². The Kier molecular flexibility index (Phi) is 13.5. The highest BCUT2D eigenvalue weighted by molar-refractivity contribution is 5.80. The Hall–Kier alpha value is -6.46. The van der Waals surface area contributed by atoms with Gasteiger partial charge in [-0.05, 0) is 86.3 Å². The van der Waals surface area contributed by atoms with Crippen LogP contribution < -0.4 is 20.9 Å². The van der Waals surface area contributed by atoms with Gasteiger partial charge in [0.2, 0.25) is 0 Å². The van der Waals surface area contributed by atoms with Gasteiger partial charge in [0, 0.05) is 13.1 Å². The normalized spacial score (nSPS) is 11.7. The molecule has 6 aromatic rings. The van der Waals surface area contributed by atoms with Crippen molar-refractivity contribution in [3.8, 4) is 11.5 Å². The predicted octanol–water partition coefficient (Wildman–Crippen LogP) is 3.90.